The van der Waals surface area contributed by atoms with Gasteiger partial charge >= 0.3 is 12.1 Å². The van der Waals surface area contributed by atoms with E-state index in [0.29, 0.717) is 6.42 Å². The molecule has 1 aliphatic rings. The lowest BCUT2D eigenvalue weighted by molar-refractivity contribution is -0.138. The van der Waals surface area contributed by atoms with E-state index in [2.05, 4.69) is 10.1 Å². The lowest BCUT2D eigenvalue weighted by Crippen LogP contribution is -2.27. The highest BCUT2D eigenvalue weighted by molar-refractivity contribution is 5.77. The van der Waals surface area contributed by atoms with Crippen molar-refractivity contribution in [1.82, 2.24) is 5.32 Å². The molecule has 0 heterocycles. The standard InChI is InChI=1S/C6H9NO4/c1-11-6(10)7-4-2-3(4)5(8)9/h3-4H,2H2,1H3,(H,7,10)(H,8,9)/t3-,4+/m0/s1. The van der Waals surface area contributed by atoms with Crippen molar-refractivity contribution in [2.24, 2.45) is 5.92 Å². The second-order valence-electron chi connectivity index (χ2n) is 2.42. The number of carboxylic acid groups (broad SMARTS) is 1. The average Bonchev–Trinajstić information content (AvgIpc) is 2.67. The van der Waals surface area contributed by atoms with Crippen LogP contribution in [0.3, 0.4) is 0 Å². The van der Waals surface area contributed by atoms with Crippen molar-refractivity contribution in [3.63, 3.8) is 0 Å². The van der Waals surface area contributed by atoms with E-state index in [1.165, 1.54) is 7.11 Å². The van der Waals surface area contributed by atoms with Gasteiger partial charge in [-0.2, -0.15) is 0 Å². The third-order valence-electron chi connectivity index (χ3n) is 1.60. The van der Waals surface area contributed by atoms with Crippen molar-refractivity contribution >= 4 is 12.1 Å². The lowest BCUT2D eigenvalue weighted by Gasteiger charge is -1.99. The Labute approximate surface area is 63.3 Å². The summed E-state index contributed by atoms with van der Waals surface area (Å²) in [6.45, 7) is 0. The zero-order valence-electron chi connectivity index (χ0n) is 6.03. The molecule has 1 amide bonds. The Hall–Kier alpha value is -1.26. The van der Waals surface area contributed by atoms with Crippen LogP contribution in [0.1, 0.15) is 6.42 Å². The van der Waals surface area contributed by atoms with Crippen LogP contribution >= 0.6 is 0 Å². The van der Waals surface area contributed by atoms with Gasteiger partial charge in [0, 0.05) is 6.04 Å². The predicted octanol–water partition coefficient (Wildman–Crippen LogP) is -0.185. The minimum Gasteiger partial charge on any atom is -0.481 e. The fraction of sp³-hybridized carbons (Fsp3) is 0.667. The molecule has 62 valence electrons. The highest BCUT2D eigenvalue weighted by atomic mass is 16.5. The number of carbonyl (C=O) groups is 2. The lowest BCUT2D eigenvalue weighted by atomic mass is 10.4. The average molecular weight is 159 g/mol. The van der Waals surface area contributed by atoms with Gasteiger partial charge in [-0.05, 0) is 6.42 Å². The Morgan fingerprint density at radius 3 is 2.64 bits per heavy atom. The molecule has 0 radical (unpaired) electrons. The zero-order valence-corrected chi connectivity index (χ0v) is 6.03. The number of aliphatic carboxylic acids is 1. The van der Waals surface area contributed by atoms with Gasteiger partial charge < -0.3 is 15.2 Å². The van der Waals surface area contributed by atoms with E-state index in [1.807, 2.05) is 0 Å². The Bertz CT molecular complexity index is 191. The van der Waals surface area contributed by atoms with Gasteiger partial charge in [-0.1, -0.05) is 0 Å². The number of methoxy groups -OCH3 is 1. The van der Waals surface area contributed by atoms with Crippen molar-refractivity contribution in [3.05, 3.63) is 0 Å². The van der Waals surface area contributed by atoms with Crippen molar-refractivity contribution in [2.75, 3.05) is 7.11 Å². The van der Waals surface area contributed by atoms with E-state index in [4.69, 9.17) is 5.11 Å². The number of carbonyl (C=O) groups excluding carboxylic acids is 1. The van der Waals surface area contributed by atoms with Crippen LogP contribution in [0.2, 0.25) is 0 Å². The van der Waals surface area contributed by atoms with Crippen molar-refractivity contribution in [3.8, 4) is 0 Å². The molecule has 2 N–H and O–H groups in total. The minimum atomic E-state index is -0.869. The number of hydrogen-bond donors (Lipinski definition) is 2. The second-order valence-corrected chi connectivity index (χ2v) is 2.42. The largest absolute Gasteiger partial charge is 0.481 e. The highest BCUT2D eigenvalue weighted by Gasteiger charge is 2.44. The van der Waals surface area contributed by atoms with Crippen LogP contribution in [0, 0.1) is 5.92 Å². The number of rotatable bonds is 2. The van der Waals surface area contributed by atoms with E-state index in [-0.39, 0.29) is 6.04 Å². The molecular weight excluding hydrogens is 150 g/mol. The van der Waals surface area contributed by atoms with Crippen molar-refractivity contribution in [2.45, 2.75) is 12.5 Å². The molecule has 1 saturated carbocycles. The van der Waals surface area contributed by atoms with Crippen LogP contribution in [-0.4, -0.2) is 30.3 Å². The number of alkyl carbamates (subject to hydrolysis) is 1. The minimum absolute atomic E-state index is 0.236. The fourth-order valence-corrected chi connectivity index (χ4v) is 0.838. The van der Waals surface area contributed by atoms with Crippen LogP contribution in [0.15, 0.2) is 0 Å². The summed E-state index contributed by atoms with van der Waals surface area (Å²) in [7, 11) is 1.24. The van der Waals surface area contributed by atoms with Crippen LogP contribution in [0.4, 0.5) is 4.79 Å². The fourth-order valence-electron chi connectivity index (χ4n) is 0.838. The molecule has 2 atom stereocenters. The number of amides is 1. The molecule has 1 aliphatic carbocycles. The summed E-state index contributed by atoms with van der Waals surface area (Å²) in [6.07, 6.45) is -0.0662. The van der Waals surface area contributed by atoms with Gasteiger partial charge in [0.05, 0.1) is 13.0 Å². The van der Waals surface area contributed by atoms with E-state index in [9.17, 15) is 9.59 Å². The second kappa shape index (κ2) is 2.77. The Morgan fingerprint density at radius 1 is 1.64 bits per heavy atom. The molecule has 0 saturated heterocycles. The van der Waals surface area contributed by atoms with Crippen LogP contribution < -0.4 is 5.32 Å². The molecule has 5 nitrogen and oxygen atoms in total. The third kappa shape index (κ3) is 1.83. The normalized spacial score (nSPS) is 27.4. The third-order valence-corrected chi connectivity index (χ3v) is 1.60. The van der Waals surface area contributed by atoms with Gasteiger partial charge in [0.15, 0.2) is 0 Å². The monoisotopic (exact) mass is 159 g/mol. The number of ether oxygens (including phenoxy) is 1. The highest BCUT2D eigenvalue weighted by Crippen LogP contribution is 2.30. The van der Waals surface area contributed by atoms with Crippen LogP contribution in [-0.2, 0) is 9.53 Å². The Morgan fingerprint density at radius 2 is 2.27 bits per heavy atom. The summed E-state index contributed by atoms with van der Waals surface area (Å²) in [6, 6.07) is -0.236. The Kier molecular flexibility index (Phi) is 1.98. The van der Waals surface area contributed by atoms with E-state index >= 15 is 0 Å². The SMILES string of the molecule is COC(=O)N[C@@H]1C[C@@H]1C(=O)O. The smallest absolute Gasteiger partial charge is 0.407 e. The molecule has 0 unspecified atom stereocenters. The molecular formula is C6H9NO4. The molecule has 0 aliphatic heterocycles. The van der Waals surface area contributed by atoms with Crippen molar-refractivity contribution < 1.29 is 19.4 Å². The number of carboxylic acids is 1. The predicted molar refractivity (Wildman–Crippen MR) is 35.1 cm³/mol. The van der Waals surface area contributed by atoms with E-state index in [0.717, 1.165) is 0 Å². The first-order valence-corrected chi connectivity index (χ1v) is 3.22. The summed E-state index contributed by atoms with van der Waals surface area (Å²) in [5, 5.41) is 10.8. The molecule has 0 aromatic rings. The van der Waals surface area contributed by atoms with Crippen molar-refractivity contribution in [1.29, 1.82) is 0 Å². The zero-order chi connectivity index (χ0) is 8.43. The van der Waals surface area contributed by atoms with Gasteiger partial charge in [-0.25, -0.2) is 4.79 Å². The van der Waals surface area contributed by atoms with Crippen LogP contribution in [0.25, 0.3) is 0 Å². The molecule has 11 heavy (non-hydrogen) atoms. The number of nitrogens with one attached hydrogen (secondary N) is 1. The maximum Gasteiger partial charge on any atom is 0.407 e. The summed E-state index contributed by atoms with van der Waals surface area (Å²) >= 11 is 0. The number of hydrogen-bond acceptors (Lipinski definition) is 3. The molecule has 5 heteroatoms. The first kappa shape index (κ1) is 7.84. The summed E-state index contributed by atoms with van der Waals surface area (Å²) in [5.41, 5.74) is 0. The van der Waals surface area contributed by atoms with Gasteiger partial charge in [0.25, 0.3) is 0 Å². The van der Waals surface area contributed by atoms with E-state index < -0.39 is 18.0 Å². The first-order valence-electron chi connectivity index (χ1n) is 3.22. The quantitative estimate of drug-likeness (QED) is 0.585. The first-order chi connectivity index (χ1) is 5.15. The molecule has 1 rings (SSSR count). The van der Waals surface area contributed by atoms with Gasteiger partial charge in [-0.15, -0.1) is 0 Å². The maximum atomic E-state index is 10.5. The summed E-state index contributed by atoms with van der Waals surface area (Å²) < 4.78 is 4.29. The molecule has 0 spiro atoms. The maximum absolute atomic E-state index is 10.5. The molecule has 1 fully saturated rings. The summed E-state index contributed by atoms with van der Waals surface area (Å²) in [5.74, 6) is -1.29. The van der Waals surface area contributed by atoms with Gasteiger partial charge in [0.1, 0.15) is 0 Å². The topological polar surface area (TPSA) is 75.6 Å². The van der Waals surface area contributed by atoms with Crippen LogP contribution in [0.5, 0.6) is 0 Å². The van der Waals surface area contributed by atoms with Gasteiger partial charge in [0.2, 0.25) is 0 Å². The molecule has 0 aromatic heterocycles. The van der Waals surface area contributed by atoms with E-state index in [1.54, 1.807) is 0 Å². The summed E-state index contributed by atoms with van der Waals surface area (Å²) in [4.78, 5) is 20.8. The Balaban J connectivity index is 2.23. The molecule has 0 bridgehead atoms. The van der Waals surface area contributed by atoms with Gasteiger partial charge in [-0.3, -0.25) is 4.79 Å². The molecule has 0 aromatic carbocycles.